The van der Waals surface area contributed by atoms with Crippen LogP contribution in [0.2, 0.25) is 0 Å². The first-order valence-corrected chi connectivity index (χ1v) is 27.0. The molecule has 0 aliphatic carbocycles. The van der Waals surface area contributed by atoms with Crippen molar-refractivity contribution in [2.45, 2.75) is 300 Å². The number of carbonyl (C=O) groups is 1. The highest BCUT2D eigenvalue weighted by molar-refractivity contribution is 5.66. The van der Waals surface area contributed by atoms with Crippen LogP contribution in [0.25, 0.3) is 0 Å². The van der Waals surface area contributed by atoms with Gasteiger partial charge in [-0.3, -0.25) is 0 Å². The molecule has 0 radical (unpaired) electrons. The summed E-state index contributed by atoms with van der Waals surface area (Å²) in [5, 5.41) is 59.6. The van der Waals surface area contributed by atoms with E-state index in [9.17, 15) is 30.3 Å². The lowest BCUT2D eigenvalue weighted by molar-refractivity contribution is -0.303. The summed E-state index contributed by atoms with van der Waals surface area (Å²) in [4.78, 5) is 11.6. The van der Waals surface area contributed by atoms with Crippen molar-refractivity contribution in [2.75, 3.05) is 26.8 Å². The van der Waals surface area contributed by atoms with Crippen LogP contribution in [0.15, 0.2) is 0 Å². The smallest absolute Gasteiger partial charge is 0.406 e. The lowest BCUT2D eigenvalue weighted by Crippen LogP contribution is -2.60. The quantitative estimate of drug-likeness (QED) is 0.0292. The Bertz CT molecular complexity index is 980. The van der Waals surface area contributed by atoms with E-state index in [1.807, 2.05) is 0 Å². The van der Waals surface area contributed by atoms with E-state index in [-0.39, 0.29) is 13.2 Å². The van der Waals surface area contributed by atoms with Crippen molar-refractivity contribution in [3.63, 3.8) is 0 Å². The molecule has 3 unspecified atom stereocenters. The van der Waals surface area contributed by atoms with E-state index in [4.69, 9.17) is 14.2 Å². The van der Waals surface area contributed by atoms with Crippen LogP contribution in [0.1, 0.15) is 251 Å². The van der Waals surface area contributed by atoms with Crippen LogP contribution in [-0.2, 0) is 14.2 Å². The molecule has 1 heterocycles. The predicted molar refractivity (Wildman–Crippen MR) is 259 cm³/mol. The van der Waals surface area contributed by atoms with Gasteiger partial charge >= 0.3 is 6.09 Å². The molecule has 1 aliphatic rings. The Labute approximate surface area is 387 Å². The van der Waals surface area contributed by atoms with Gasteiger partial charge in [0.2, 0.25) is 0 Å². The number of hydrogen-bond donors (Lipinski definition) is 7. The summed E-state index contributed by atoms with van der Waals surface area (Å²) >= 11 is 0. The van der Waals surface area contributed by atoms with E-state index < -0.39 is 55.0 Å². The molecule has 1 rings (SSSR count). The first kappa shape index (κ1) is 60.0. The van der Waals surface area contributed by atoms with E-state index >= 15 is 0 Å². The number of amides is 1. The van der Waals surface area contributed by atoms with Crippen LogP contribution >= 0.6 is 0 Å². The van der Waals surface area contributed by atoms with Gasteiger partial charge in [0.25, 0.3) is 0 Å². The first-order valence-electron chi connectivity index (χ1n) is 27.0. The monoisotopic (exact) mass is 901 g/mol. The average molecular weight is 901 g/mol. The van der Waals surface area contributed by atoms with Gasteiger partial charge < -0.3 is 50.4 Å². The zero-order valence-electron chi connectivity index (χ0n) is 41.3. The molecule has 1 aliphatic heterocycles. The minimum Gasteiger partial charge on any atom is -0.447 e. The van der Waals surface area contributed by atoms with Crippen LogP contribution in [0.5, 0.6) is 0 Å². The average Bonchev–Trinajstić information content (AvgIpc) is 3.29. The second kappa shape index (κ2) is 43.5. The number of rotatable bonds is 46. The van der Waals surface area contributed by atoms with Gasteiger partial charge in [-0.25, -0.2) is 4.79 Å². The second-order valence-electron chi connectivity index (χ2n) is 19.1. The van der Waals surface area contributed by atoms with Crippen LogP contribution in [0.4, 0.5) is 4.79 Å². The summed E-state index contributed by atoms with van der Waals surface area (Å²) in [6.45, 7) is 4.71. The largest absolute Gasteiger partial charge is 0.447 e. The van der Waals surface area contributed by atoms with Gasteiger partial charge in [0.15, 0.2) is 6.29 Å². The number of unbranched alkanes of at least 4 members (excludes halogenated alkanes) is 34. The zero-order valence-corrected chi connectivity index (χ0v) is 41.3. The summed E-state index contributed by atoms with van der Waals surface area (Å²) in [7, 11) is 1.40. The Morgan fingerprint density at radius 3 is 1.27 bits per heavy atom. The molecule has 0 aromatic rings. The van der Waals surface area contributed by atoms with Gasteiger partial charge in [0, 0.05) is 7.05 Å². The van der Waals surface area contributed by atoms with Gasteiger partial charge in [0.1, 0.15) is 31.0 Å². The van der Waals surface area contributed by atoms with E-state index in [1.165, 1.54) is 200 Å². The Hall–Kier alpha value is -1.05. The molecule has 1 saturated heterocycles. The lowest BCUT2D eigenvalue weighted by atomic mass is 9.98. The highest BCUT2D eigenvalue weighted by Crippen LogP contribution is 2.24. The number of carbonyl (C=O) groups excluding carboxylic acids is 1. The molecule has 0 aromatic heterocycles. The molecular formula is C52H104N2O9. The van der Waals surface area contributed by atoms with Gasteiger partial charge in [0.05, 0.1) is 24.9 Å². The molecule has 376 valence electrons. The fourth-order valence-electron chi connectivity index (χ4n) is 8.91. The van der Waals surface area contributed by atoms with Gasteiger partial charge in [-0.2, -0.15) is 0 Å². The van der Waals surface area contributed by atoms with Crippen molar-refractivity contribution in [1.29, 1.82) is 0 Å². The molecule has 7 N–H and O–H groups in total. The van der Waals surface area contributed by atoms with Gasteiger partial charge in [-0.15, -0.1) is 0 Å². The third-order valence-electron chi connectivity index (χ3n) is 13.3. The van der Waals surface area contributed by atoms with Crippen molar-refractivity contribution in [3.05, 3.63) is 0 Å². The van der Waals surface area contributed by atoms with Gasteiger partial charge in [-0.1, -0.05) is 239 Å². The topological polar surface area (TPSA) is 170 Å². The normalized spacial score (nSPS) is 20.5. The van der Waals surface area contributed by atoms with Crippen LogP contribution in [-0.4, -0.2) is 107 Å². The van der Waals surface area contributed by atoms with Gasteiger partial charge in [-0.05, 0) is 19.4 Å². The number of aliphatic hydroxyl groups excluding tert-OH is 5. The molecule has 11 heteroatoms. The summed E-state index contributed by atoms with van der Waals surface area (Å²) < 4.78 is 16.6. The summed E-state index contributed by atoms with van der Waals surface area (Å²) in [6.07, 6.45) is 37.5. The molecule has 0 aromatic carbocycles. The molecule has 1 fully saturated rings. The minimum atomic E-state index is -1.59. The molecule has 11 nitrogen and oxygen atoms in total. The Balaban J connectivity index is 2.32. The van der Waals surface area contributed by atoms with Crippen molar-refractivity contribution in [3.8, 4) is 0 Å². The number of ether oxygens (including phenoxy) is 3. The molecule has 0 spiro atoms. The predicted octanol–water partition coefficient (Wildman–Crippen LogP) is 11.3. The van der Waals surface area contributed by atoms with Crippen LogP contribution in [0, 0.1) is 0 Å². The SMILES string of the molecule is CCCCCCCCCCCCCCCCCCCCCCCCCCNC(CO[C@H]1O[C@H](COC(=O)NC)[C@H](O)[C@H](O)[C@H]1O)C(O)C(O)CCCCCCCCCCCCCC. The van der Waals surface area contributed by atoms with E-state index in [0.717, 1.165) is 38.5 Å². The second-order valence-corrected chi connectivity index (χ2v) is 19.1. The number of hydrogen-bond acceptors (Lipinski definition) is 10. The Kier molecular flexibility index (Phi) is 41.4. The fraction of sp³-hybridized carbons (Fsp3) is 0.981. The molecule has 8 atom stereocenters. The van der Waals surface area contributed by atoms with Crippen molar-refractivity contribution < 1.29 is 44.5 Å². The third kappa shape index (κ3) is 33.1. The maximum atomic E-state index is 11.6. The fourth-order valence-corrected chi connectivity index (χ4v) is 8.91. The first-order chi connectivity index (χ1) is 30.8. The summed E-state index contributed by atoms with van der Waals surface area (Å²) in [6, 6.07) is -0.651. The number of nitrogens with one attached hydrogen (secondary N) is 2. The highest BCUT2D eigenvalue weighted by Gasteiger charge is 2.45. The maximum Gasteiger partial charge on any atom is 0.406 e. The minimum absolute atomic E-state index is 0.108. The molecule has 0 saturated carbocycles. The Morgan fingerprint density at radius 1 is 0.524 bits per heavy atom. The van der Waals surface area contributed by atoms with Crippen molar-refractivity contribution in [2.24, 2.45) is 0 Å². The van der Waals surface area contributed by atoms with E-state index in [2.05, 4.69) is 24.5 Å². The highest BCUT2D eigenvalue weighted by atomic mass is 16.7. The van der Waals surface area contributed by atoms with Crippen molar-refractivity contribution >= 4 is 6.09 Å². The number of aliphatic hydroxyl groups is 5. The lowest BCUT2D eigenvalue weighted by Gasteiger charge is -2.40. The van der Waals surface area contributed by atoms with Crippen molar-refractivity contribution in [1.82, 2.24) is 10.6 Å². The maximum absolute atomic E-state index is 11.6. The molecule has 1 amide bonds. The molecular weight excluding hydrogens is 797 g/mol. The molecule has 63 heavy (non-hydrogen) atoms. The van der Waals surface area contributed by atoms with Crippen LogP contribution < -0.4 is 10.6 Å². The summed E-state index contributed by atoms with van der Waals surface area (Å²) in [5.74, 6) is 0. The van der Waals surface area contributed by atoms with Crippen LogP contribution in [0.3, 0.4) is 0 Å². The Morgan fingerprint density at radius 2 is 0.889 bits per heavy atom. The third-order valence-corrected chi connectivity index (χ3v) is 13.3. The number of alkyl carbamates (subject to hydrolysis) is 1. The standard InChI is InChI=1S/C52H104N2O9/c1-4-6-8-10-12-14-16-18-19-20-21-22-23-24-25-26-27-28-29-31-33-35-37-39-41-54-44(42-61-51-50(59)49(58)48(57)46(63-51)43-62-52(60)53-3)47(56)45(55)40-38-36-34-32-30-17-15-13-11-9-7-5-2/h44-51,54-59H,4-43H2,1-3H3,(H,53,60)/t44?,45?,46-,47?,48+,49+,50-,51+/m1/s1. The summed E-state index contributed by atoms with van der Waals surface area (Å²) in [5.41, 5.74) is 0. The van der Waals surface area contributed by atoms with E-state index in [0.29, 0.717) is 13.0 Å². The zero-order chi connectivity index (χ0) is 46.0. The molecule has 0 bridgehead atoms. The van der Waals surface area contributed by atoms with E-state index in [1.54, 1.807) is 0 Å².